The van der Waals surface area contributed by atoms with E-state index in [1.807, 2.05) is 11.0 Å². The highest BCUT2D eigenvalue weighted by Gasteiger charge is 2.22. The average Bonchev–Trinajstić information content (AvgIpc) is 2.37. The van der Waals surface area contributed by atoms with Crippen molar-refractivity contribution in [2.24, 2.45) is 5.92 Å². The van der Waals surface area contributed by atoms with E-state index in [0.717, 1.165) is 38.0 Å². The van der Waals surface area contributed by atoms with Gasteiger partial charge in [0.25, 0.3) is 5.91 Å². The predicted molar refractivity (Wildman–Crippen MR) is 76.9 cm³/mol. The Morgan fingerprint density at radius 2 is 2.32 bits per heavy atom. The first-order chi connectivity index (χ1) is 9.10. The Morgan fingerprint density at radius 3 is 3.00 bits per heavy atom. The van der Waals surface area contributed by atoms with Gasteiger partial charge in [-0.3, -0.25) is 4.79 Å². The lowest BCUT2D eigenvalue weighted by Crippen LogP contribution is -2.39. The summed E-state index contributed by atoms with van der Waals surface area (Å²) in [6.45, 7) is 6.00. The zero-order chi connectivity index (χ0) is 13.8. The van der Waals surface area contributed by atoms with Gasteiger partial charge in [0, 0.05) is 24.3 Å². The van der Waals surface area contributed by atoms with Crippen LogP contribution in [-0.2, 0) is 6.42 Å². The second-order valence-electron chi connectivity index (χ2n) is 5.52. The Morgan fingerprint density at radius 1 is 1.53 bits per heavy atom. The van der Waals surface area contributed by atoms with Crippen LogP contribution in [0.1, 0.15) is 49.2 Å². The number of aromatic nitrogens is 1. The molecule has 1 unspecified atom stereocenters. The lowest BCUT2D eigenvalue weighted by atomic mass is 9.99. The quantitative estimate of drug-likeness (QED) is 0.909. The third-order valence-electron chi connectivity index (χ3n) is 3.60. The van der Waals surface area contributed by atoms with E-state index in [9.17, 15) is 4.79 Å². The fourth-order valence-electron chi connectivity index (χ4n) is 2.67. The summed E-state index contributed by atoms with van der Waals surface area (Å²) < 4.78 is 0. The number of hydrogen-bond donors (Lipinski definition) is 1. The largest absolute Gasteiger partial charge is 0.384 e. The number of nitrogen functional groups attached to an aromatic ring is 1. The second-order valence-corrected chi connectivity index (χ2v) is 5.52. The number of likely N-dealkylation sites (tertiary alicyclic amines) is 1. The number of amides is 1. The molecule has 1 aromatic heterocycles. The van der Waals surface area contributed by atoms with Gasteiger partial charge >= 0.3 is 0 Å². The molecule has 0 radical (unpaired) electrons. The molecule has 1 amide bonds. The van der Waals surface area contributed by atoms with Crippen molar-refractivity contribution in [1.82, 2.24) is 9.88 Å². The molecule has 0 aromatic carbocycles. The molecule has 1 aliphatic rings. The average molecular weight is 261 g/mol. The maximum Gasteiger partial charge on any atom is 0.254 e. The van der Waals surface area contributed by atoms with E-state index in [1.165, 1.54) is 6.42 Å². The number of piperidine rings is 1. The third-order valence-corrected chi connectivity index (χ3v) is 3.60. The van der Waals surface area contributed by atoms with Crippen LogP contribution in [0.3, 0.4) is 0 Å². The highest BCUT2D eigenvalue weighted by Crippen LogP contribution is 2.19. The monoisotopic (exact) mass is 261 g/mol. The summed E-state index contributed by atoms with van der Waals surface area (Å²) in [4.78, 5) is 18.7. The minimum absolute atomic E-state index is 0.0954. The van der Waals surface area contributed by atoms with Crippen molar-refractivity contribution >= 4 is 11.7 Å². The van der Waals surface area contributed by atoms with Crippen molar-refractivity contribution < 1.29 is 4.79 Å². The van der Waals surface area contributed by atoms with Gasteiger partial charge < -0.3 is 10.6 Å². The van der Waals surface area contributed by atoms with Crippen LogP contribution in [0.5, 0.6) is 0 Å². The number of rotatable bonds is 3. The van der Waals surface area contributed by atoms with E-state index >= 15 is 0 Å². The molecule has 2 rings (SSSR count). The van der Waals surface area contributed by atoms with Crippen molar-refractivity contribution in [2.45, 2.75) is 39.5 Å². The smallest absolute Gasteiger partial charge is 0.254 e. The summed E-state index contributed by atoms with van der Waals surface area (Å²) >= 11 is 0. The summed E-state index contributed by atoms with van der Waals surface area (Å²) in [5.41, 5.74) is 7.40. The highest BCUT2D eigenvalue weighted by molar-refractivity contribution is 5.95. The molecule has 0 saturated carbocycles. The zero-order valence-corrected chi connectivity index (χ0v) is 11.9. The normalized spacial score (nSPS) is 19.5. The standard InChI is InChI=1S/C15H23N3O/c1-3-5-13-8-12(9-14(16)17-13)15(19)18-7-4-6-11(2)10-18/h8-9,11H,3-7,10H2,1-2H3,(H2,16,17). The molecule has 2 N–H and O–H groups in total. The molecule has 4 nitrogen and oxygen atoms in total. The summed E-state index contributed by atoms with van der Waals surface area (Å²) in [6.07, 6.45) is 4.17. The van der Waals surface area contributed by atoms with Crippen LogP contribution < -0.4 is 5.73 Å². The Hall–Kier alpha value is -1.58. The number of anilines is 1. The van der Waals surface area contributed by atoms with Crippen LogP contribution in [0.25, 0.3) is 0 Å². The first-order valence-corrected chi connectivity index (χ1v) is 7.16. The second kappa shape index (κ2) is 6.04. The van der Waals surface area contributed by atoms with Crippen molar-refractivity contribution in [3.8, 4) is 0 Å². The molecule has 0 aliphatic carbocycles. The molecule has 4 heteroatoms. The van der Waals surface area contributed by atoms with Gasteiger partial charge in [-0.25, -0.2) is 4.98 Å². The number of pyridine rings is 1. The first-order valence-electron chi connectivity index (χ1n) is 7.16. The molecular weight excluding hydrogens is 238 g/mol. The van der Waals surface area contributed by atoms with E-state index in [-0.39, 0.29) is 5.91 Å². The molecule has 1 saturated heterocycles. The Balaban J connectivity index is 2.18. The van der Waals surface area contributed by atoms with Gasteiger partial charge in [-0.1, -0.05) is 20.3 Å². The van der Waals surface area contributed by atoms with Crippen LogP contribution in [0, 0.1) is 5.92 Å². The van der Waals surface area contributed by atoms with Crippen molar-refractivity contribution in [2.75, 3.05) is 18.8 Å². The van der Waals surface area contributed by atoms with E-state index in [2.05, 4.69) is 18.8 Å². The van der Waals surface area contributed by atoms with Gasteiger partial charge in [-0.05, 0) is 37.3 Å². The molecule has 2 heterocycles. The number of hydrogen-bond acceptors (Lipinski definition) is 3. The maximum atomic E-state index is 12.5. The van der Waals surface area contributed by atoms with Gasteiger partial charge in [0.1, 0.15) is 5.82 Å². The fraction of sp³-hybridized carbons (Fsp3) is 0.600. The molecule has 1 atom stereocenters. The van der Waals surface area contributed by atoms with Gasteiger partial charge in [0.05, 0.1) is 0 Å². The number of nitrogens with zero attached hydrogens (tertiary/aromatic N) is 2. The summed E-state index contributed by atoms with van der Waals surface area (Å²) in [5, 5.41) is 0. The molecule has 19 heavy (non-hydrogen) atoms. The van der Waals surface area contributed by atoms with Crippen molar-refractivity contribution in [3.63, 3.8) is 0 Å². The van der Waals surface area contributed by atoms with Gasteiger partial charge in [-0.15, -0.1) is 0 Å². The number of aryl methyl sites for hydroxylation is 1. The van der Waals surface area contributed by atoms with Crippen LogP contribution in [0.2, 0.25) is 0 Å². The molecule has 0 bridgehead atoms. The molecule has 1 fully saturated rings. The van der Waals surface area contributed by atoms with Gasteiger partial charge in [0.2, 0.25) is 0 Å². The number of carbonyl (C=O) groups excluding carboxylic acids is 1. The van der Waals surface area contributed by atoms with Crippen LogP contribution in [-0.4, -0.2) is 28.9 Å². The molecule has 1 aliphatic heterocycles. The van der Waals surface area contributed by atoms with Crippen LogP contribution in [0.4, 0.5) is 5.82 Å². The van der Waals surface area contributed by atoms with Crippen LogP contribution >= 0.6 is 0 Å². The zero-order valence-electron chi connectivity index (χ0n) is 11.9. The summed E-state index contributed by atoms with van der Waals surface area (Å²) in [5.74, 6) is 1.13. The van der Waals surface area contributed by atoms with Crippen LogP contribution in [0.15, 0.2) is 12.1 Å². The van der Waals surface area contributed by atoms with E-state index in [0.29, 0.717) is 17.3 Å². The molecule has 104 valence electrons. The molecule has 0 spiro atoms. The minimum atomic E-state index is 0.0954. The Labute approximate surface area is 115 Å². The van der Waals surface area contributed by atoms with E-state index in [4.69, 9.17) is 5.73 Å². The van der Waals surface area contributed by atoms with Gasteiger partial charge in [0.15, 0.2) is 0 Å². The molecule has 1 aromatic rings. The first kappa shape index (κ1) is 13.8. The van der Waals surface area contributed by atoms with E-state index in [1.54, 1.807) is 6.07 Å². The maximum absolute atomic E-state index is 12.5. The lowest BCUT2D eigenvalue weighted by molar-refractivity contribution is 0.0683. The third kappa shape index (κ3) is 3.46. The number of carbonyl (C=O) groups is 1. The summed E-state index contributed by atoms with van der Waals surface area (Å²) in [6, 6.07) is 3.59. The van der Waals surface area contributed by atoms with Gasteiger partial charge in [-0.2, -0.15) is 0 Å². The SMILES string of the molecule is CCCc1cc(C(=O)N2CCCC(C)C2)cc(N)n1. The summed E-state index contributed by atoms with van der Waals surface area (Å²) in [7, 11) is 0. The number of nitrogens with two attached hydrogens (primary N) is 1. The Bertz CT molecular complexity index is 459. The van der Waals surface area contributed by atoms with Crippen molar-refractivity contribution in [1.29, 1.82) is 0 Å². The van der Waals surface area contributed by atoms with E-state index < -0.39 is 0 Å². The molecular formula is C15H23N3O. The topological polar surface area (TPSA) is 59.2 Å². The Kier molecular flexibility index (Phi) is 4.40. The minimum Gasteiger partial charge on any atom is -0.384 e. The highest BCUT2D eigenvalue weighted by atomic mass is 16.2. The predicted octanol–water partition coefficient (Wildman–Crippen LogP) is 2.49. The fourth-order valence-corrected chi connectivity index (χ4v) is 2.67. The lowest BCUT2D eigenvalue weighted by Gasteiger charge is -2.31. The van der Waals surface area contributed by atoms with Crippen molar-refractivity contribution in [3.05, 3.63) is 23.4 Å².